The molecule has 39 heavy (non-hydrogen) atoms. The number of hydrogen-bond acceptors (Lipinski definition) is 8. The minimum absolute atomic E-state index is 0.0723. The zero-order valence-corrected chi connectivity index (χ0v) is 24.7. The molecule has 1 N–H and O–H groups in total. The second kappa shape index (κ2) is 15.9. The number of halogens is 3. The second-order valence-corrected chi connectivity index (χ2v) is 12.7. The highest BCUT2D eigenvalue weighted by molar-refractivity contribution is 8.00. The Morgan fingerprint density at radius 1 is 0.974 bits per heavy atom. The summed E-state index contributed by atoms with van der Waals surface area (Å²) in [6.45, 7) is 3.49. The molecule has 1 amide bonds. The van der Waals surface area contributed by atoms with Gasteiger partial charge in [0.1, 0.15) is 25.0 Å². The summed E-state index contributed by atoms with van der Waals surface area (Å²) < 4.78 is 27.7. The van der Waals surface area contributed by atoms with Gasteiger partial charge in [0.25, 0.3) is 0 Å². The van der Waals surface area contributed by atoms with E-state index in [2.05, 4.69) is 5.32 Å². The molecule has 0 radical (unpaired) electrons. The van der Waals surface area contributed by atoms with E-state index in [0.717, 1.165) is 11.1 Å². The summed E-state index contributed by atoms with van der Waals surface area (Å²) in [4.78, 5) is 24.8. The predicted octanol–water partition coefficient (Wildman–Crippen LogP) is 5.66. The van der Waals surface area contributed by atoms with Crippen molar-refractivity contribution in [2.75, 3.05) is 19.0 Å². The zero-order chi connectivity index (χ0) is 28.3. The summed E-state index contributed by atoms with van der Waals surface area (Å²) in [5, 5.41) is 2.25. The van der Waals surface area contributed by atoms with E-state index in [-0.39, 0.29) is 13.2 Å². The van der Waals surface area contributed by atoms with E-state index in [1.807, 2.05) is 67.6 Å². The minimum Gasteiger partial charge on any atom is -0.457 e. The quantitative estimate of drug-likeness (QED) is 0.240. The molecular weight excluding hydrogens is 589 g/mol. The van der Waals surface area contributed by atoms with Gasteiger partial charge >= 0.3 is 12.1 Å². The molecule has 0 bridgehead atoms. The second-order valence-electron chi connectivity index (χ2n) is 8.69. The first-order valence-electron chi connectivity index (χ1n) is 12.4. The van der Waals surface area contributed by atoms with Crippen molar-refractivity contribution < 1.29 is 33.3 Å². The molecule has 1 saturated heterocycles. The molecule has 3 rings (SSSR count). The maximum absolute atomic E-state index is 12.6. The monoisotopic (exact) mass is 619 g/mol. The van der Waals surface area contributed by atoms with Gasteiger partial charge in [0.2, 0.25) is 3.79 Å². The van der Waals surface area contributed by atoms with Crippen LogP contribution in [0.3, 0.4) is 0 Å². The SMILES string of the molecule is CCS[C@H]1[C@@H](OCc2ccccc2)[C@H](OC(C)=O)[C@@H](COCc2ccccc2)O[C@H]1NC(=O)OCC(Cl)(Cl)Cl. The number of amides is 1. The molecule has 2 aromatic rings. The normalized spacial score (nSPS) is 23.2. The molecule has 214 valence electrons. The number of alkyl halides is 3. The van der Waals surface area contributed by atoms with Crippen LogP contribution in [-0.2, 0) is 41.7 Å². The lowest BCUT2D eigenvalue weighted by Crippen LogP contribution is -2.64. The molecule has 12 heteroatoms. The van der Waals surface area contributed by atoms with Crippen LogP contribution >= 0.6 is 46.6 Å². The lowest BCUT2D eigenvalue weighted by atomic mass is 9.99. The Morgan fingerprint density at radius 2 is 1.59 bits per heavy atom. The fourth-order valence-corrected chi connectivity index (χ4v) is 5.28. The van der Waals surface area contributed by atoms with Crippen molar-refractivity contribution in [2.45, 2.75) is 60.6 Å². The zero-order valence-electron chi connectivity index (χ0n) is 21.6. The Morgan fingerprint density at radius 3 is 2.15 bits per heavy atom. The number of carbonyl (C=O) groups excluding carboxylic acids is 2. The van der Waals surface area contributed by atoms with Gasteiger partial charge in [-0.25, -0.2) is 4.79 Å². The van der Waals surface area contributed by atoms with Crippen LogP contribution in [0.1, 0.15) is 25.0 Å². The first-order valence-corrected chi connectivity index (χ1v) is 14.6. The lowest BCUT2D eigenvalue weighted by molar-refractivity contribution is -0.217. The summed E-state index contributed by atoms with van der Waals surface area (Å²) in [6.07, 6.45) is -3.93. The largest absolute Gasteiger partial charge is 0.457 e. The van der Waals surface area contributed by atoms with E-state index in [9.17, 15) is 9.59 Å². The van der Waals surface area contributed by atoms with Gasteiger partial charge in [-0.3, -0.25) is 10.1 Å². The van der Waals surface area contributed by atoms with E-state index in [1.54, 1.807) is 0 Å². The van der Waals surface area contributed by atoms with Gasteiger partial charge in [0, 0.05) is 6.92 Å². The standard InChI is InChI=1S/C27H32Cl3NO7S/c1-3-39-24-23(35-15-20-12-8-5-9-13-20)22(37-18(2)32)21(16-34-14-19-10-6-4-7-11-19)38-25(24)31-26(33)36-17-27(28,29)30/h4-13,21-25H,3,14-17H2,1-2H3,(H,31,33)/t21-,22-,23+,24+,25-/m1/s1. The number of thioether (sulfide) groups is 1. The number of hydrogen-bond donors (Lipinski definition) is 1. The highest BCUT2D eigenvalue weighted by Crippen LogP contribution is 2.34. The van der Waals surface area contributed by atoms with Gasteiger partial charge in [-0.2, -0.15) is 11.8 Å². The summed E-state index contributed by atoms with van der Waals surface area (Å²) in [6, 6.07) is 19.2. The van der Waals surface area contributed by atoms with Crippen LogP contribution in [0.4, 0.5) is 4.79 Å². The van der Waals surface area contributed by atoms with Gasteiger partial charge in [0.05, 0.1) is 25.1 Å². The van der Waals surface area contributed by atoms with E-state index in [1.165, 1.54) is 18.7 Å². The third-order valence-electron chi connectivity index (χ3n) is 5.60. The van der Waals surface area contributed by atoms with Gasteiger partial charge in [-0.05, 0) is 16.9 Å². The van der Waals surface area contributed by atoms with Crippen molar-refractivity contribution in [3.63, 3.8) is 0 Å². The Hall–Kier alpha value is -1.72. The van der Waals surface area contributed by atoms with Crippen LogP contribution in [-0.4, -0.2) is 64.6 Å². The van der Waals surface area contributed by atoms with Crippen LogP contribution in [0.15, 0.2) is 60.7 Å². The van der Waals surface area contributed by atoms with Crippen molar-refractivity contribution in [3.05, 3.63) is 71.8 Å². The molecule has 1 heterocycles. The summed E-state index contributed by atoms with van der Waals surface area (Å²) >= 11 is 18.7. The molecule has 0 spiro atoms. The lowest BCUT2D eigenvalue weighted by Gasteiger charge is -2.45. The van der Waals surface area contributed by atoms with Gasteiger partial charge in [-0.1, -0.05) is 102 Å². The Labute approximate surface area is 247 Å². The van der Waals surface area contributed by atoms with Crippen molar-refractivity contribution in [1.29, 1.82) is 0 Å². The number of nitrogens with one attached hydrogen (secondary N) is 1. The number of alkyl carbamates (subject to hydrolysis) is 1. The molecule has 5 atom stereocenters. The molecule has 0 unspecified atom stereocenters. The summed E-state index contributed by atoms with van der Waals surface area (Å²) in [5.41, 5.74) is 1.91. The van der Waals surface area contributed by atoms with Crippen LogP contribution in [0.5, 0.6) is 0 Å². The van der Waals surface area contributed by atoms with E-state index in [4.69, 9.17) is 58.5 Å². The molecule has 1 aliphatic heterocycles. The predicted molar refractivity (Wildman–Crippen MR) is 152 cm³/mol. The first-order chi connectivity index (χ1) is 18.7. The average Bonchev–Trinajstić information content (AvgIpc) is 2.90. The Kier molecular flexibility index (Phi) is 13.0. The van der Waals surface area contributed by atoms with E-state index >= 15 is 0 Å². The number of carbonyl (C=O) groups is 2. The van der Waals surface area contributed by atoms with Gasteiger partial charge in [0.15, 0.2) is 6.10 Å². The molecule has 8 nitrogen and oxygen atoms in total. The molecule has 1 fully saturated rings. The minimum atomic E-state index is -1.77. The average molecular weight is 621 g/mol. The topological polar surface area (TPSA) is 92.3 Å². The van der Waals surface area contributed by atoms with Crippen molar-refractivity contribution in [1.82, 2.24) is 5.32 Å². The molecule has 1 aliphatic rings. The third kappa shape index (κ3) is 11.0. The number of rotatable bonds is 12. The Balaban J connectivity index is 1.83. The molecule has 2 aromatic carbocycles. The molecule has 0 saturated carbocycles. The van der Waals surface area contributed by atoms with Crippen LogP contribution in [0.2, 0.25) is 0 Å². The Bertz CT molecular complexity index is 1030. The van der Waals surface area contributed by atoms with Gasteiger partial charge < -0.3 is 23.7 Å². The highest BCUT2D eigenvalue weighted by Gasteiger charge is 2.49. The summed E-state index contributed by atoms with van der Waals surface area (Å²) in [7, 11) is 0. The van der Waals surface area contributed by atoms with Crippen molar-refractivity contribution in [3.8, 4) is 0 Å². The summed E-state index contributed by atoms with van der Waals surface area (Å²) in [5.74, 6) is 0.182. The fraction of sp³-hybridized carbons (Fsp3) is 0.481. The fourth-order valence-electron chi connectivity index (χ4n) is 4.00. The molecule has 0 aliphatic carbocycles. The molecule has 0 aromatic heterocycles. The van der Waals surface area contributed by atoms with Crippen LogP contribution in [0, 0.1) is 0 Å². The third-order valence-corrected chi connectivity index (χ3v) is 7.16. The number of ether oxygens (including phenoxy) is 5. The van der Waals surface area contributed by atoms with E-state index in [0.29, 0.717) is 12.4 Å². The number of benzene rings is 2. The maximum Gasteiger partial charge on any atom is 0.409 e. The first kappa shape index (κ1) is 31.8. The highest BCUT2D eigenvalue weighted by atomic mass is 35.6. The molecular formula is C27H32Cl3NO7S. The van der Waals surface area contributed by atoms with E-state index < -0.39 is 52.3 Å². The maximum atomic E-state index is 12.6. The van der Waals surface area contributed by atoms with Crippen molar-refractivity contribution >= 4 is 58.6 Å². The van der Waals surface area contributed by atoms with Crippen LogP contribution in [0.25, 0.3) is 0 Å². The van der Waals surface area contributed by atoms with Gasteiger partial charge in [-0.15, -0.1) is 0 Å². The van der Waals surface area contributed by atoms with Crippen LogP contribution < -0.4 is 5.32 Å². The van der Waals surface area contributed by atoms with Crippen molar-refractivity contribution in [2.24, 2.45) is 0 Å². The number of esters is 1. The smallest absolute Gasteiger partial charge is 0.409 e.